The highest BCUT2D eigenvalue weighted by Crippen LogP contribution is 2.24. The summed E-state index contributed by atoms with van der Waals surface area (Å²) in [6.07, 6.45) is 2.77. The molecular weight excluding hydrogens is 290 g/mol. The number of nitrogens with zero attached hydrogens (tertiary/aromatic N) is 2. The number of carboxylic acid groups (broad SMARTS) is 1. The van der Waals surface area contributed by atoms with E-state index in [1.54, 1.807) is 16.2 Å². The number of aliphatic carboxylic acids is 1. The normalized spacial score (nSPS) is 23.1. The van der Waals surface area contributed by atoms with Gasteiger partial charge in [0.25, 0.3) is 0 Å². The minimum absolute atomic E-state index is 0.0184. The number of rotatable bonds is 4. The lowest BCUT2D eigenvalue weighted by molar-refractivity contribution is -0.142. The summed E-state index contributed by atoms with van der Waals surface area (Å²) in [6.45, 7) is 6.58. The summed E-state index contributed by atoms with van der Waals surface area (Å²) in [5, 5.41) is 12.9. The van der Waals surface area contributed by atoms with Crippen molar-refractivity contribution in [3.8, 4) is 0 Å². The van der Waals surface area contributed by atoms with Gasteiger partial charge in [0.1, 0.15) is 5.01 Å². The molecule has 0 saturated carbocycles. The second-order valence-corrected chi connectivity index (χ2v) is 6.66. The fourth-order valence-electron chi connectivity index (χ4n) is 2.48. The zero-order valence-electron chi connectivity index (χ0n) is 12.5. The Bertz CT molecular complexity index is 531. The molecule has 1 unspecified atom stereocenters. The van der Waals surface area contributed by atoms with Crippen molar-refractivity contribution in [3.63, 3.8) is 0 Å². The minimum Gasteiger partial charge on any atom is -0.481 e. The molecule has 1 aliphatic heterocycles. The standard InChI is InChI=1S/C14H21N3O3S/c1-4-10-5-15-12(21-10)9(3)16-14(20)17-6-8(2)11(7-17)13(18)19/h5,8-9,11H,4,6-7H2,1-3H3,(H,16,20)(H,18,19)/t8-,9?,11-/m1/s1. The maximum atomic E-state index is 12.2. The zero-order chi connectivity index (χ0) is 15.6. The van der Waals surface area contributed by atoms with Gasteiger partial charge in [-0.05, 0) is 19.3 Å². The summed E-state index contributed by atoms with van der Waals surface area (Å²) in [7, 11) is 0. The first-order valence-electron chi connectivity index (χ1n) is 7.15. The van der Waals surface area contributed by atoms with E-state index in [9.17, 15) is 9.59 Å². The molecule has 3 atom stereocenters. The number of thiazole rings is 1. The molecule has 1 aromatic heterocycles. The smallest absolute Gasteiger partial charge is 0.317 e. The average molecular weight is 311 g/mol. The topological polar surface area (TPSA) is 82.5 Å². The maximum absolute atomic E-state index is 12.2. The van der Waals surface area contributed by atoms with E-state index in [1.807, 2.05) is 20.0 Å². The summed E-state index contributed by atoms with van der Waals surface area (Å²) in [4.78, 5) is 30.4. The van der Waals surface area contributed by atoms with Crippen molar-refractivity contribution >= 4 is 23.3 Å². The van der Waals surface area contributed by atoms with E-state index in [2.05, 4.69) is 17.2 Å². The molecule has 2 N–H and O–H groups in total. The van der Waals surface area contributed by atoms with E-state index in [0.717, 1.165) is 11.4 Å². The molecule has 0 radical (unpaired) electrons. The molecule has 6 nitrogen and oxygen atoms in total. The molecule has 1 fully saturated rings. The second kappa shape index (κ2) is 6.43. The van der Waals surface area contributed by atoms with Gasteiger partial charge in [0, 0.05) is 24.2 Å². The number of hydrogen-bond donors (Lipinski definition) is 2. The number of aromatic nitrogens is 1. The fraction of sp³-hybridized carbons (Fsp3) is 0.643. The van der Waals surface area contributed by atoms with E-state index < -0.39 is 11.9 Å². The monoisotopic (exact) mass is 311 g/mol. The third-order valence-electron chi connectivity index (χ3n) is 3.85. The highest BCUT2D eigenvalue weighted by Gasteiger charge is 2.37. The Morgan fingerprint density at radius 2 is 2.29 bits per heavy atom. The number of likely N-dealkylation sites (tertiary alicyclic amines) is 1. The first kappa shape index (κ1) is 15.8. The molecule has 21 heavy (non-hydrogen) atoms. The fourth-order valence-corrected chi connectivity index (χ4v) is 3.34. The lowest BCUT2D eigenvalue weighted by Gasteiger charge is -2.19. The van der Waals surface area contributed by atoms with Crippen LogP contribution in [-0.4, -0.2) is 40.1 Å². The Kier molecular flexibility index (Phi) is 4.82. The number of hydrogen-bond acceptors (Lipinski definition) is 4. The molecule has 1 saturated heterocycles. The van der Waals surface area contributed by atoms with Gasteiger partial charge in [-0.2, -0.15) is 0 Å². The van der Waals surface area contributed by atoms with Crippen LogP contribution >= 0.6 is 11.3 Å². The lowest BCUT2D eigenvalue weighted by Crippen LogP contribution is -2.40. The summed E-state index contributed by atoms with van der Waals surface area (Å²) >= 11 is 1.59. The van der Waals surface area contributed by atoms with Gasteiger partial charge in [-0.15, -0.1) is 11.3 Å². The van der Waals surface area contributed by atoms with Gasteiger partial charge in [0.2, 0.25) is 0 Å². The second-order valence-electron chi connectivity index (χ2n) is 5.52. The minimum atomic E-state index is -0.835. The van der Waals surface area contributed by atoms with Crippen LogP contribution in [0.4, 0.5) is 4.79 Å². The van der Waals surface area contributed by atoms with Crippen LogP contribution in [0.15, 0.2) is 6.20 Å². The summed E-state index contributed by atoms with van der Waals surface area (Å²) in [5.74, 6) is -1.33. The number of carbonyl (C=O) groups excluding carboxylic acids is 1. The molecule has 0 bridgehead atoms. The summed E-state index contributed by atoms with van der Waals surface area (Å²) < 4.78 is 0. The van der Waals surface area contributed by atoms with Gasteiger partial charge in [-0.1, -0.05) is 13.8 Å². The first-order valence-corrected chi connectivity index (χ1v) is 7.96. The van der Waals surface area contributed by atoms with Gasteiger partial charge in [-0.25, -0.2) is 9.78 Å². The van der Waals surface area contributed by atoms with Gasteiger partial charge >= 0.3 is 12.0 Å². The van der Waals surface area contributed by atoms with E-state index in [-0.39, 0.29) is 24.5 Å². The van der Waals surface area contributed by atoms with Crippen molar-refractivity contribution in [3.05, 3.63) is 16.1 Å². The van der Waals surface area contributed by atoms with Crippen LogP contribution < -0.4 is 5.32 Å². The van der Waals surface area contributed by atoms with Crippen LogP contribution in [0.3, 0.4) is 0 Å². The number of amides is 2. The lowest BCUT2D eigenvalue weighted by atomic mass is 9.99. The molecule has 1 aromatic rings. The predicted molar refractivity (Wildman–Crippen MR) is 80.3 cm³/mol. The van der Waals surface area contributed by atoms with Crippen LogP contribution in [0.1, 0.15) is 36.7 Å². The summed E-state index contributed by atoms with van der Waals surface area (Å²) in [5.41, 5.74) is 0. The Labute approximate surface area is 128 Å². The Balaban J connectivity index is 1.94. The Hall–Kier alpha value is -1.63. The zero-order valence-corrected chi connectivity index (χ0v) is 13.3. The SMILES string of the molecule is CCc1cnc(C(C)NC(=O)N2C[C@@H](C)[C@H](C(=O)O)C2)s1. The van der Waals surface area contributed by atoms with Crippen LogP contribution in [0, 0.1) is 11.8 Å². The van der Waals surface area contributed by atoms with Crippen molar-refractivity contribution in [1.29, 1.82) is 0 Å². The number of carboxylic acids is 1. The number of urea groups is 1. The van der Waals surface area contributed by atoms with Crippen molar-refractivity contribution < 1.29 is 14.7 Å². The Morgan fingerprint density at radius 1 is 1.57 bits per heavy atom. The molecule has 1 aliphatic rings. The molecule has 0 aliphatic carbocycles. The quantitative estimate of drug-likeness (QED) is 0.892. The van der Waals surface area contributed by atoms with Crippen molar-refractivity contribution in [2.75, 3.05) is 13.1 Å². The van der Waals surface area contributed by atoms with E-state index in [4.69, 9.17) is 5.11 Å². The molecule has 0 aromatic carbocycles. The van der Waals surface area contributed by atoms with Crippen LogP contribution in [0.25, 0.3) is 0 Å². The van der Waals surface area contributed by atoms with Crippen molar-refractivity contribution in [1.82, 2.24) is 15.2 Å². The molecule has 116 valence electrons. The average Bonchev–Trinajstić information content (AvgIpc) is 3.04. The molecule has 2 heterocycles. The molecule has 2 rings (SSSR count). The van der Waals surface area contributed by atoms with Gasteiger partial charge < -0.3 is 15.3 Å². The van der Waals surface area contributed by atoms with Crippen LogP contribution in [0.2, 0.25) is 0 Å². The molecule has 7 heteroatoms. The third kappa shape index (κ3) is 3.53. The van der Waals surface area contributed by atoms with Crippen LogP contribution in [0.5, 0.6) is 0 Å². The third-order valence-corrected chi connectivity index (χ3v) is 5.17. The van der Waals surface area contributed by atoms with E-state index >= 15 is 0 Å². The highest BCUT2D eigenvalue weighted by atomic mass is 32.1. The number of nitrogens with one attached hydrogen (secondary N) is 1. The number of carbonyl (C=O) groups is 2. The van der Waals surface area contributed by atoms with Gasteiger partial charge in [-0.3, -0.25) is 4.79 Å². The van der Waals surface area contributed by atoms with Crippen LogP contribution in [-0.2, 0) is 11.2 Å². The largest absolute Gasteiger partial charge is 0.481 e. The predicted octanol–water partition coefficient (Wildman–Crippen LogP) is 2.13. The Morgan fingerprint density at radius 3 is 2.81 bits per heavy atom. The van der Waals surface area contributed by atoms with E-state index in [1.165, 1.54) is 4.88 Å². The van der Waals surface area contributed by atoms with Crippen molar-refractivity contribution in [2.45, 2.75) is 33.2 Å². The number of aryl methyl sites for hydroxylation is 1. The molecule has 0 spiro atoms. The van der Waals surface area contributed by atoms with Gasteiger partial charge in [0.15, 0.2) is 0 Å². The molecule has 2 amide bonds. The highest BCUT2D eigenvalue weighted by molar-refractivity contribution is 7.11. The van der Waals surface area contributed by atoms with Gasteiger partial charge in [0.05, 0.1) is 12.0 Å². The first-order chi connectivity index (χ1) is 9.92. The van der Waals surface area contributed by atoms with Crippen molar-refractivity contribution in [2.24, 2.45) is 11.8 Å². The molecular formula is C14H21N3O3S. The van der Waals surface area contributed by atoms with E-state index in [0.29, 0.717) is 6.54 Å². The maximum Gasteiger partial charge on any atom is 0.317 e. The summed E-state index contributed by atoms with van der Waals surface area (Å²) in [6, 6.07) is -0.381.